The lowest BCUT2D eigenvalue weighted by atomic mass is 10.1. The van der Waals surface area contributed by atoms with Gasteiger partial charge in [-0.1, -0.05) is 40.2 Å². The van der Waals surface area contributed by atoms with Crippen LogP contribution in [-0.4, -0.2) is 43.4 Å². The molecule has 1 atom stereocenters. The Hall–Kier alpha value is -2.34. The molecule has 2 aromatic rings. The van der Waals surface area contributed by atoms with E-state index in [1.54, 1.807) is 16.8 Å². The Morgan fingerprint density at radius 1 is 1.10 bits per heavy atom. The van der Waals surface area contributed by atoms with Crippen LogP contribution in [0.2, 0.25) is 0 Å². The molecule has 152 valence electrons. The zero-order chi connectivity index (χ0) is 20.4. The van der Waals surface area contributed by atoms with Crippen molar-refractivity contribution >= 4 is 39.1 Å². The smallest absolute Gasteiger partial charge is 0.239 e. The molecule has 0 aromatic heterocycles. The Morgan fingerprint density at radius 3 is 2.62 bits per heavy atom. The van der Waals surface area contributed by atoms with Gasteiger partial charge >= 0.3 is 0 Å². The quantitative estimate of drug-likeness (QED) is 0.638. The number of hydrogen-bond donors (Lipinski definition) is 0. The van der Waals surface area contributed by atoms with Crippen LogP contribution in [-0.2, 0) is 16.1 Å². The van der Waals surface area contributed by atoms with E-state index in [0.29, 0.717) is 19.5 Å². The molecular weight excluding hydrogens is 430 g/mol. The first-order chi connectivity index (χ1) is 14.0. The minimum Gasteiger partial charge on any atom is -0.371 e. The van der Waals surface area contributed by atoms with E-state index in [2.05, 4.69) is 39.0 Å². The van der Waals surface area contributed by atoms with Crippen molar-refractivity contribution < 1.29 is 9.59 Å². The SMILES string of the molecule is CN(Cc1ccccc1N1CCCC1)C(=O)C1CCN(c2cccc(Br)c2)C1=O. The molecule has 5 nitrogen and oxygen atoms in total. The van der Waals surface area contributed by atoms with Gasteiger partial charge in [-0.2, -0.15) is 0 Å². The lowest BCUT2D eigenvalue weighted by Gasteiger charge is -2.25. The third-order valence-electron chi connectivity index (χ3n) is 5.85. The van der Waals surface area contributed by atoms with Gasteiger partial charge in [-0.25, -0.2) is 0 Å². The zero-order valence-corrected chi connectivity index (χ0v) is 18.3. The van der Waals surface area contributed by atoms with Crippen molar-refractivity contribution in [2.75, 3.05) is 36.5 Å². The van der Waals surface area contributed by atoms with E-state index in [0.717, 1.165) is 28.8 Å². The second-order valence-electron chi connectivity index (χ2n) is 7.83. The molecule has 1 unspecified atom stereocenters. The molecule has 0 saturated carbocycles. The van der Waals surface area contributed by atoms with E-state index in [1.807, 2.05) is 30.3 Å². The minimum atomic E-state index is -0.599. The lowest BCUT2D eigenvalue weighted by Crippen LogP contribution is -2.38. The Morgan fingerprint density at radius 2 is 1.86 bits per heavy atom. The van der Waals surface area contributed by atoms with E-state index in [4.69, 9.17) is 0 Å². The summed E-state index contributed by atoms with van der Waals surface area (Å²) in [4.78, 5) is 31.9. The van der Waals surface area contributed by atoms with Gasteiger partial charge in [0, 0.05) is 49.1 Å². The maximum absolute atomic E-state index is 13.1. The number of hydrogen-bond acceptors (Lipinski definition) is 3. The Balaban J connectivity index is 1.46. The minimum absolute atomic E-state index is 0.0938. The Labute approximate surface area is 180 Å². The average molecular weight is 456 g/mol. The third-order valence-corrected chi connectivity index (χ3v) is 6.34. The molecule has 2 heterocycles. The second kappa shape index (κ2) is 8.57. The van der Waals surface area contributed by atoms with Crippen LogP contribution >= 0.6 is 15.9 Å². The average Bonchev–Trinajstić information content (AvgIpc) is 3.38. The molecule has 2 saturated heterocycles. The van der Waals surface area contributed by atoms with Gasteiger partial charge in [0.1, 0.15) is 5.92 Å². The second-order valence-corrected chi connectivity index (χ2v) is 8.74. The number of anilines is 2. The molecule has 4 rings (SSSR count). The van der Waals surface area contributed by atoms with Gasteiger partial charge in [0.05, 0.1) is 0 Å². The maximum atomic E-state index is 13.1. The number of carbonyl (C=O) groups excluding carboxylic acids is 2. The van der Waals surface area contributed by atoms with E-state index in [1.165, 1.54) is 18.5 Å². The summed E-state index contributed by atoms with van der Waals surface area (Å²) in [6.45, 7) is 3.23. The van der Waals surface area contributed by atoms with Crippen molar-refractivity contribution in [3.63, 3.8) is 0 Å². The summed E-state index contributed by atoms with van der Waals surface area (Å²) in [6, 6.07) is 15.9. The van der Waals surface area contributed by atoms with Crippen LogP contribution in [0.1, 0.15) is 24.8 Å². The molecule has 2 aliphatic heterocycles. The molecule has 0 aliphatic carbocycles. The first kappa shape index (κ1) is 20.0. The fourth-order valence-corrected chi connectivity index (χ4v) is 4.71. The number of benzene rings is 2. The third kappa shape index (κ3) is 4.17. The molecule has 2 amide bonds. The van der Waals surface area contributed by atoms with Crippen LogP contribution in [0, 0.1) is 5.92 Å². The van der Waals surface area contributed by atoms with Crippen LogP contribution in [0.5, 0.6) is 0 Å². The van der Waals surface area contributed by atoms with E-state index >= 15 is 0 Å². The van der Waals surface area contributed by atoms with Gasteiger partial charge in [-0.05, 0) is 49.1 Å². The number of halogens is 1. The summed E-state index contributed by atoms with van der Waals surface area (Å²) in [5.74, 6) is -0.797. The van der Waals surface area contributed by atoms with E-state index in [-0.39, 0.29) is 11.8 Å². The lowest BCUT2D eigenvalue weighted by molar-refractivity contribution is -0.139. The largest absolute Gasteiger partial charge is 0.371 e. The number of carbonyl (C=O) groups is 2. The molecular formula is C23H26BrN3O2. The van der Waals surface area contributed by atoms with Crippen LogP contribution in [0.4, 0.5) is 11.4 Å². The normalized spacial score (nSPS) is 19.1. The van der Waals surface area contributed by atoms with Gasteiger partial charge in [0.2, 0.25) is 11.8 Å². The summed E-state index contributed by atoms with van der Waals surface area (Å²) in [7, 11) is 1.80. The molecule has 29 heavy (non-hydrogen) atoms. The first-order valence-corrected chi connectivity index (χ1v) is 11.0. The summed E-state index contributed by atoms with van der Waals surface area (Å²) < 4.78 is 0.924. The number of para-hydroxylation sites is 1. The van der Waals surface area contributed by atoms with Crippen molar-refractivity contribution in [1.29, 1.82) is 0 Å². The van der Waals surface area contributed by atoms with Gasteiger partial charge in [-0.15, -0.1) is 0 Å². The van der Waals surface area contributed by atoms with Crippen molar-refractivity contribution in [2.24, 2.45) is 5.92 Å². The highest BCUT2D eigenvalue weighted by atomic mass is 79.9. The molecule has 0 N–H and O–H groups in total. The topological polar surface area (TPSA) is 43.9 Å². The van der Waals surface area contributed by atoms with Gasteiger partial charge < -0.3 is 14.7 Å². The van der Waals surface area contributed by atoms with Gasteiger partial charge in [0.25, 0.3) is 0 Å². The molecule has 2 aliphatic rings. The zero-order valence-electron chi connectivity index (χ0n) is 16.7. The first-order valence-electron chi connectivity index (χ1n) is 10.2. The highest BCUT2D eigenvalue weighted by Gasteiger charge is 2.39. The highest BCUT2D eigenvalue weighted by Crippen LogP contribution is 2.30. The monoisotopic (exact) mass is 455 g/mol. The molecule has 0 bridgehead atoms. The van der Waals surface area contributed by atoms with Crippen LogP contribution in [0.15, 0.2) is 53.0 Å². The van der Waals surface area contributed by atoms with Crippen LogP contribution in [0.25, 0.3) is 0 Å². The fraction of sp³-hybridized carbons (Fsp3) is 0.391. The Kier molecular flexibility index (Phi) is 5.90. The molecule has 6 heteroatoms. The predicted octanol–water partition coefficient (Wildman–Crippen LogP) is 4.06. The molecule has 2 fully saturated rings. The standard InChI is InChI=1S/C23H26BrN3O2/c1-25(16-17-7-2-3-10-21(17)26-12-4-5-13-26)22(28)20-11-14-27(23(20)29)19-9-6-8-18(24)15-19/h2-3,6-10,15,20H,4-5,11-14,16H2,1H3. The summed E-state index contributed by atoms with van der Waals surface area (Å²) in [6.07, 6.45) is 2.98. The van der Waals surface area contributed by atoms with Crippen molar-refractivity contribution in [1.82, 2.24) is 4.90 Å². The van der Waals surface area contributed by atoms with E-state index in [9.17, 15) is 9.59 Å². The number of amides is 2. The van der Waals surface area contributed by atoms with Gasteiger partial charge in [0.15, 0.2) is 0 Å². The van der Waals surface area contributed by atoms with Crippen molar-refractivity contribution in [3.05, 3.63) is 58.6 Å². The molecule has 2 aromatic carbocycles. The van der Waals surface area contributed by atoms with Crippen molar-refractivity contribution in [2.45, 2.75) is 25.8 Å². The van der Waals surface area contributed by atoms with Crippen LogP contribution < -0.4 is 9.80 Å². The number of rotatable bonds is 5. The number of nitrogens with zero attached hydrogens (tertiary/aromatic N) is 3. The van der Waals surface area contributed by atoms with E-state index < -0.39 is 5.92 Å². The molecule has 0 spiro atoms. The summed E-state index contributed by atoms with van der Waals surface area (Å²) in [5, 5.41) is 0. The Bertz CT molecular complexity index is 911. The fourth-order valence-electron chi connectivity index (χ4n) is 4.32. The molecule has 0 radical (unpaired) electrons. The maximum Gasteiger partial charge on any atom is 0.239 e. The summed E-state index contributed by atoms with van der Waals surface area (Å²) >= 11 is 3.45. The highest BCUT2D eigenvalue weighted by molar-refractivity contribution is 9.10. The summed E-state index contributed by atoms with van der Waals surface area (Å²) in [5.41, 5.74) is 3.18. The van der Waals surface area contributed by atoms with Crippen LogP contribution in [0.3, 0.4) is 0 Å². The van der Waals surface area contributed by atoms with Gasteiger partial charge in [-0.3, -0.25) is 9.59 Å². The predicted molar refractivity (Wildman–Crippen MR) is 119 cm³/mol. The van der Waals surface area contributed by atoms with Crippen molar-refractivity contribution in [3.8, 4) is 0 Å².